The van der Waals surface area contributed by atoms with Crippen molar-refractivity contribution in [3.63, 3.8) is 0 Å². The van der Waals surface area contributed by atoms with Crippen LogP contribution in [0.3, 0.4) is 0 Å². The molecule has 3 heterocycles. The molecule has 1 N–H and O–H groups in total. The highest BCUT2D eigenvalue weighted by atomic mass is 35.5. The van der Waals surface area contributed by atoms with Gasteiger partial charge in [0.2, 0.25) is 11.8 Å². The molecular formula is C28H36ClN3O4S. The Morgan fingerprint density at radius 1 is 1.22 bits per heavy atom. The molecule has 0 radical (unpaired) electrons. The first-order valence-corrected chi connectivity index (χ1v) is 14.1. The number of carbonyl (C=O) groups is 3. The first-order valence-electron chi connectivity index (χ1n) is 12.9. The zero-order chi connectivity index (χ0) is 26.9. The van der Waals surface area contributed by atoms with Gasteiger partial charge in [0.15, 0.2) is 0 Å². The van der Waals surface area contributed by atoms with Gasteiger partial charge in [0.25, 0.3) is 5.91 Å². The lowest BCUT2D eigenvalue weighted by Crippen LogP contribution is -2.57. The Bertz CT molecular complexity index is 1080. The average molecular weight is 546 g/mol. The maximum absolute atomic E-state index is 14.5. The molecule has 3 fully saturated rings. The minimum absolute atomic E-state index is 0.0120. The lowest BCUT2D eigenvalue weighted by Gasteiger charge is -2.41. The minimum Gasteiger partial charge on any atom is -0.396 e. The van der Waals surface area contributed by atoms with Gasteiger partial charge in [0.1, 0.15) is 6.04 Å². The lowest BCUT2D eigenvalue weighted by atomic mass is 9.65. The first-order chi connectivity index (χ1) is 17.7. The maximum atomic E-state index is 14.5. The molecule has 37 heavy (non-hydrogen) atoms. The molecule has 2 bridgehead atoms. The van der Waals surface area contributed by atoms with Gasteiger partial charge in [-0.15, -0.1) is 24.9 Å². The van der Waals surface area contributed by atoms with Crippen molar-refractivity contribution in [2.24, 2.45) is 17.8 Å². The van der Waals surface area contributed by atoms with Crippen LogP contribution in [0.4, 0.5) is 5.69 Å². The summed E-state index contributed by atoms with van der Waals surface area (Å²) in [7, 11) is 1.74. The van der Waals surface area contributed by atoms with E-state index < -0.39 is 22.6 Å². The Kier molecular flexibility index (Phi) is 8.41. The number of likely N-dealkylation sites (tertiary alicyclic amines) is 1. The number of amides is 3. The third-order valence-corrected chi connectivity index (χ3v) is 10.5. The standard InChI is InChI=1S/C28H36ClN3O4S/c1-5-13-30(4)25(34)22-21-17-18(3)28(37-21)23(22)26(35)32(15-9-10-16-33)24(28)27(36)31(14-6-2)20-12-8-7-11-19(20)29/h5-8,11-12,18,21-24,33H,1-2,9-10,13-17H2,3-4H3/t18?,21-,22+,23+,24?,28?/m1/s1. The van der Waals surface area contributed by atoms with Crippen LogP contribution in [0.15, 0.2) is 49.6 Å². The van der Waals surface area contributed by atoms with Crippen LogP contribution in [0.1, 0.15) is 26.2 Å². The van der Waals surface area contributed by atoms with Crippen LogP contribution >= 0.6 is 23.4 Å². The van der Waals surface area contributed by atoms with Crippen molar-refractivity contribution in [3.8, 4) is 0 Å². The zero-order valence-corrected chi connectivity index (χ0v) is 23.1. The zero-order valence-electron chi connectivity index (χ0n) is 21.5. The number of likely N-dealkylation sites (N-methyl/N-ethyl adjacent to an activating group) is 1. The van der Waals surface area contributed by atoms with E-state index >= 15 is 0 Å². The van der Waals surface area contributed by atoms with Crippen molar-refractivity contribution in [1.82, 2.24) is 9.80 Å². The van der Waals surface area contributed by atoms with Gasteiger partial charge >= 0.3 is 0 Å². The van der Waals surface area contributed by atoms with Crippen molar-refractivity contribution in [1.29, 1.82) is 0 Å². The van der Waals surface area contributed by atoms with Gasteiger partial charge in [-0.2, -0.15) is 0 Å². The van der Waals surface area contributed by atoms with Crippen LogP contribution in [0.2, 0.25) is 5.02 Å². The maximum Gasteiger partial charge on any atom is 0.251 e. The number of nitrogens with zero attached hydrogens (tertiary/aromatic N) is 3. The van der Waals surface area contributed by atoms with Crippen LogP contribution in [0, 0.1) is 17.8 Å². The predicted molar refractivity (Wildman–Crippen MR) is 149 cm³/mol. The fourth-order valence-corrected chi connectivity index (χ4v) is 9.15. The van der Waals surface area contributed by atoms with Crippen molar-refractivity contribution < 1.29 is 19.5 Å². The molecule has 3 aliphatic rings. The Labute approximate surface area is 228 Å². The highest BCUT2D eigenvalue weighted by Crippen LogP contribution is 2.69. The van der Waals surface area contributed by atoms with E-state index in [0.29, 0.717) is 36.6 Å². The molecule has 1 spiro atoms. The molecular weight excluding hydrogens is 510 g/mol. The summed E-state index contributed by atoms with van der Waals surface area (Å²) in [5.41, 5.74) is 0.570. The molecule has 0 aromatic heterocycles. The van der Waals surface area contributed by atoms with Gasteiger partial charge in [-0.3, -0.25) is 14.4 Å². The van der Waals surface area contributed by atoms with Gasteiger partial charge in [-0.25, -0.2) is 0 Å². The normalized spacial score (nSPS) is 29.8. The highest BCUT2D eigenvalue weighted by Gasteiger charge is 2.76. The number of hydrogen-bond donors (Lipinski definition) is 1. The molecule has 0 saturated carbocycles. The molecule has 3 amide bonds. The molecule has 200 valence electrons. The number of thioether (sulfide) groups is 1. The summed E-state index contributed by atoms with van der Waals surface area (Å²) in [6.07, 6.45) is 5.20. The van der Waals surface area contributed by atoms with Crippen LogP contribution in [0.25, 0.3) is 0 Å². The molecule has 0 aliphatic carbocycles. The van der Waals surface area contributed by atoms with Crippen LogP contribution in [-0.2, 0) is 14.4 Å². The van der Waals surface area contributed by atoms with Crippen molar-refractivity contribution in [3.05, 3.63) is 54.6 Å². The molecule has 3 aliphatic heterocycles. The van der Waals surface area contributed by atoms with Gasteiger partial charge in [-0.05, 0) is 37.3 Å². The third-order valence-electron chi connectivity index (χ3n) is 8.07. The number of aliphatic hydroxyl groups is 1. The van der Waals surface area contributed by atoms with E-state index in [4.69, 9.17) is 11.6 Å². The molecule has 1 aromatic carbocycles. The number of carbonyl (C=O) groups excluding carboxylic acids is 3. The van der Waals surface area contributed by atoms with E-state index in [9.17, 15) is 19.5 Å². The Morgan fingerprint density at radius 2 is 1.92 bits per heavy atom. The van der Waals surface area contributed by atoms with Gasteiger partial charge in [0.05, 0.1) is 27.3 Å². The molecule has 3 unspecified atom stereocenters. The number of aliphatic hydroxyl groups excluding tert-OH is 1. The number of para-hydroxylation sites is 1. The Morgan fingerprint density at radius 3 is 2.57 bits per heavy atom. The number of unbranched alkanes of at least 4 members (excludes halogenated alkanes) is 1. The number of fused-ring (bicyclic) bond motifs is 1. The lowest BCUT2D eigenvalue weighted by molar-refractivity contribution is -0.143. The van der Waals surface area contributed by atoms with E-state index in [0.717, 1.165) is 6.42 Å². The number of halogens is 1. The summed E-state index contributed by atoms with van der Waals surface area (Å²) in [5.74, 6) is -1.40. The van der Waals surface area contributed by atoms with Crippen LogP contribution in [0.5, 0.6) is 0 Å². The molecule has 1 aromatic rings. The van der Waals surface area contributed by atoms with E-state index in [1.165, 1.54) is 0 Å². The molecule has 3 saturated heterocycles. The fourth-order valence-electron chi connectivity index (χ4n) is 6.51. The highest BCUT2D eigenvalue weighted by molar-refractivity contribution is 8.02. The first kappa shape index (κ1) is 27.7. The number of anilines is 1. The second kappa shape index (κ2) is 11.2. The van der Waals surface area contributed by atoms with E-state index in [1.54, 1.807) is 57.8 Å². The van der Waals surface area contributed by atoms with Crippen LogP contribution < -0.4 is 4.90 Å². The summed E-state index contributed by atoms with van der Waals surface area (Å²) >= 11 is 8.18. The summed E-state index contributed by atoms with van der Waals surface area (Å²) in [5, 5.41) is 9.81. The van der Waals surface area contributed by atoms with Gasteiger partial charge in [-0.1, -0.05) is 42.8 Å². The van der Waals surface area contributed by atoms with E-state index in [1.807, 2.05) is 12.1 Å². The molecule has 7 nitrogen and oxygen atoms in total. The van der Waals surface area contributed by atoms with E-state index in [2.05, 4.69) is 20.1 Å². The summed E-state index contributed by atoms with van der Waals surface area (Å²) in [4.78, 5) is 47.2. The summed E-state index contributed by atoms with van der Waals surface area (Å²) in [6.45, 7) is 10.7. The third kappa shape index (κ3) is 4.51. The van der Waals surface area contributed by atoms with E-state index in [-0.39, 0.29) is 42.0 Å². The topological polar surface area (TPSA) is 81.2 Å². The largest absolute Gasteiger partial charge is 0.396 e. The van der Waals surface area contributed by atoms with Gasteiger partial charge < -0.3 is 19.8 Å². The minimum atomic E-state index is -0.743. The van der Waals surface area contributed by atoms with Crippen molar-refractivity contribution in [2.45, 2.75) is 42.2 Å². The monoisotopic (exact) mass is 545 g/mol. The molecule has 6 atom stereocenters. The Hall–Kier alpha value is -2.29. The van der Waals surface area contributed by atoms with Crippen molar-refractivity contribution >= 4 is 46.8 Å². The fraction of sp³-hybridized carbons (Fsp3) is 0.536. The molecule has 4 rings (SSSR count). The smallest absolute Gasteiger partial charge is 0.251 e. The number of benzene rings is 1. The SMILES string of the molecule is C=CCN(C)C(=O)[C@@H]1[C@H]2C(=O)N(CCCCO)C(C(=O)N(CC=C)c3ccccc3Cl)C23S[C@@H]1CC3C. The summed E-state index contributed by atoms with van der Waals surface area (Å²) < 4.78 is -0.714. The Balaban J connectivity index is 1.80. The quantitative estimate of drug-likeness (QED) is 0.339. The van der Waals surface area contributed by atoms with Crippen LogP contribution in [-0.4, -0.2) is 82.0 Å². The molecule has 9 heteroatoms. The number of rotatable bonds is 11. The van der Waals surface area contributed by atoms with Crippen molar-refractivity contribution in [2.75, 3.05) is 38.2 Å². The predicted octanol–water partition coefficient (Wildman–Crippen LogP) is 3.61. The van der Waals surface area contributed by atoms with Gasteiger partial charge in [0, 0.05) is 38.5 Å². The average Bonchev–Trinajstić information content (AvgIpc) is 3.46. The second-order valence-electron chi connectivity index (χ2n) is 10.2. The second-order valence-corrected chi connectivity index (χ2v) is 12.2. The summed E-state index contributed by atoms with van der Waals surface area (Å²) in [6, 6.07) is 6.43. The number of hydrogen-bond acceptors (Lipinski definition) is 5.